The Labute approximate surface area is 185 Å². The Kier molecular flexibility index (Phi) is 6.25. The van der Waals surface area contributed by atoms with Gasteiger partial charge in [-0.15, -0.1) is 0 Å². The van der Waals surface area contributed by atoms with Crippen molar-refractivity contribution in [2.24, 2.45) is 0 Å². The molecule has 0 aliphatic carbocycles. The number of nitrogens with zero attached hydrogens (tertiary/aromatic N) is 3. The van der Waals surface area contributed by atoms with Gasteiger partial charge in [0, 0.05) is 40.7 Å². The molecule has 2 aromatic carbocycles. The minimum Gasteiger partial charge on any atom is -0.465 e. The van der Waals surface area contributed by atoms with Gasteiger partial charge >= 0.3 is 5.97 Å². The van der Waals surface area contributed by atoms with Crippen LogP contribution >= 0.6 is 23.4 Å². The molecule has 0 N–H and O–H groups in total. The lowest BCUT2D eigenvalue weighted by atomic mass is 9.98. The molecule has 0 amide bonds. The van der Waals surface area contributed by atoms with Gasteiger partial charge in [-0.05, 0) is 36.8 Å². The zero-order valence-electron chi connectivity index (χ0n) is 16.9. The largest absolute Gasteiger partial charge is 0.465 e. The molecule has 0 unspecified atom stereocenters. The predicted octanol–water partition coefficient (Wildman–Crippen LogP) is 5.11. The molecule has 2 heterocycles. The number of benzene rings is 2. The molecule has 154 valence electrons. The zero-order valence-corrected chi connectivity index (χ0v) is 18.5. The highest BCUT2D eigenvalue weighted by Gasteiger charge is 2.19. The average Bonchev–Trinajstić information content (AvgIpc) is 2.79. The molecule has 0 atom stereocenters. The maximum absolute atomic E-state index is 11.9. The summed E-state index contributed by atoms with van der Waals surface area (Å²) in [5.74, 6) is 2.69. The van der Waals surface area contributed by atoms with Crippen LogP contribution in [-0.4, -0.2) is 47.6 Å². The number of esters is 1. The first kappa shape index (κ1) is 20.7. The second-order valence-corrected chi connectivity index (χ2v) is 8.71. The predicted molar refractivity (Wildman–Crippen MR) is 124 cm³/mol. The molecule has 7 heteroatoms. The highest BCUT2D eigenvalue weighted by molar-refractivity contribution is 7.99. The van der Waals surface area contributed by atoms with Crippen LogP contribution in [0.2, 0.25) is 5.02 Å². The van der Waals surface area contributed by atoms with E-state index in [9.17, 15) is 4.79 Å². The second kappa shape index (κ2) is 9.06. The van der Waals surface area contributed by atoms with Crippen molar-refractivity contribution in [2.45, 2.75) is 6.92 Å². The summed E-state index contributed by atoms with van der Waals surface area (Å²) in [6.45, 7) is 3.89. The molecule has 4 rings (SSSR count). The number of aromatic nitrogens is 2. The van der Waals surface area contributed by atoms with Crippen LogP contribution in [-0.2, 0) is 4.74 Å². The lowest BCUT2D eigenvalue weighted by molar-refractivity contribution is 0.0600. The van der Waals surface area contributed by atoms with Crippen molar-refractivity contribution < 1.29 is 9.53 Å². The lowest BCUT2D eigenvalue weighted by Crippen LogP contribution is -2.33. The van der Waals surface area contributed by atoms with E-state index in [0.29, 0.717) is 10.6 Å². The summed E-state index contributed by atoms with van der Waals surface area (Å²) in [6, 6.07) is 13.1. The van der Waals surface area contributed by atoms with Crippen LogP contribution in [0, 0.1) is 6.92 Å². The molecule has 1 aliphatic heterocycles. The van der Waals surface area contributed by atoms with E-state index in [1.165, 1.54) is 7.11 Å². The van der Waals surface area contributed by atoms with Gasteiger partial charge < -0.3 is 9.64 Å². The first-order valence-corrected chi connectivity index (χ1v) is 11.2. The topological polar surface area (TPSA) is 55.3 Å². The maximum Gasteiger partial charge on any atom is 0.337 e. The number of methoxy groups -OCH3 is 1. The summed E-state index contributed by atoms with van der Waals surface area (Å²) in [6.07, 6.45) is 1.85. The SMILES string of the molecule is COC(=O)c1ccc(-c2nc(N3CCSCC3)cnc2-c2ccc(Cl)cc2)c(C)c1. The lowest BCUT2D eigenvalue weighted by Gasteiger charge is -2.28. The van der Waals surface area contributed by atoms with Crippen LogP contribution < -0.4 is 4.90 Å². The fourth-order valence-electron chi connectivity index (χ4n) is 3.51. The quantitative estimate of drug-likeness (QED) is 0.526. The third-order valence-corrected chi connectivity index (χ3v) is 6.31. The van der Waals surface area contributed by atoms with Gasteiger partial charge in [0.1, 0.15) is 5.82 Å². The van der Waals surface area contributed by atoms with Crippen LogP contribution in [0.5, 0.6) is 0 Å². The second-order valence-electron chi connectivity index (χ2n) is 7.05. The van der Waals surface area contributed by atoms with Crippen molar-refractivity contribution in [2.75, 3.05) is 36.6 Å². The minimum atomic E-state index is -0.353. The number of carbonyl (C=O) groups is 1. The van der Waals surface area contributed by atoms with Gasteiger partial charge in [0.2, 0.25) is 0 Å². The van der Waals surface area contributed by atoms with Gasteiger partial charge in [-0.25, -0.2) is 9.78 Å². The van der Waals surface area contributed by atoms with E-state index in [1.807, 2.05) is 61.3 Å². The standard InChI is InChI=1S/C23H22ClN3O2S/c1-15-13-17(23(28)29-2)5-8-19(15)22-21(16-3-6-18(24)7-4-16)25-14-20(26-22)27-9-11-30-12-10-27/h3-8,13-14H,9-12H2,1-2H3. The fourth-order valence-corrected chi connectivity index (χ4v) is 4.53. The first-order valence-electron chi connectivity index (χ1n) is 9.72. The Balaban J connectivity index is 1.84. The molecule has 3 aromatic rings. The molecule has 0 radical (unpaired) electrons. The molecule has 30 heavy (non-hydrogen) atoms. The van der Waals surface area contributed by atoms with Crippen molar-refractivity contribution in [1.82, 2.24) is 9.97 Å². The smallest absolute Gasteiger partial charge is 0.337 e. The summed E-state index contributed by atoms with van der Waals surface area (Å²) in [7, 11) is 1.38. The van der Waals surface area contributed by atoms with E-state index < -0.39 is 0 Å². The number of anilines is 1. The Hall–Kier alpha value is -2.57. The normalized spacial score (nSPS) is 13.9. The molecule has 1 fully saturated rings. The number of ether oxygens (including phenoxy) is 1. The van der Waals surface area contributed by atoms with Gasteiger partial charge in [-0.3, -0.25) is 4.98 Å². The van der Waals surface area contributed by atoms with E-state index in [2.05, 4.69) is 4.90 Å². The van der Waals surface area contributed by atoms with Crippen LogP contribution in [0.3, 0.4) is 0 Å². The van der Waals surface area contributed by atoms with E-state index in [0.717, 1.165) is 58.5 Å². The number of thioether (sulfide) groups is 1. The van der Waals surface area contributed by atoms with Crippen LogP contribution in [0.25, 0.3) is 22.5 Å². The van der Waals surface area contributed by atoms with Crippen molar-refractivity contribution >= 4 is 35.1 Å². The highest BCUT2D eigenvalue weighted by Crippen LogP contribution is 2.34. The van der Waals surface area contributed by atoms with Gasteiger partial charge in [-0.2, -0.15) is 11.8 Å². The van der Waals surface area contributed by atoms with E-state index in [1.54, 1.807) is 6.07 Å². The van der Waals surface area contributed by atoms with Gasteiger partial charge in [0.25, 0.3) is 0 Å². The van der Waals surface area contributed by atoms with Crippen molar-refractivity contribution in [3.8, 4) is 22.5 Å². The summed E-state index contributed by atoms with van der Waals surface area (Å²) in [5, 5.41) is 0.675. The number of aryl methyl sites for hydroxylation is 1. The van der Waals surface area contributed by atoms with Crippen LogP contribution in [0.4, 0.5) is 5.82 Å². The van der Waals surface area contributed by atoms with Crippen molar-refractivity contribution in [3.63, 3.8) is 0 Å². The molecule has 5 nitrogen and oxygen atoms in total. The molecular formula is C23H22ClN3O2S. The van der Waals surface area contributed by atoms with Crippen molar-refractivity contribution in [1.29, 1.82) is 0 Å². The molecular weight excluding hydrogens is 418 g/mol. The monoisotopic (exact) mass is 439 g/mol. The van der Waals surface area contributed by atoms with Gasteiger partial charge in [0.15, 0.2) is 0 Å². The molecule has 0 spiro atoms. The summed E-state index contributed by atoms with van der Waals surface area (Å²) < 4.78 is 4.85. The highest BCUT2D eigenvalue weighted by atomic mass is 35.5. The molecule has 1 aromatic heterocycles. The Morgan fingerprint density at radius 1 is 1.10 bits per heavy atom. The average molecular weight is 440 g/mol. The molecule has 1 aliphatic rings. The summed E-state index contributed by atoms with van der Waals surface area (Å²) >= 11 is 8.04. The van der Waals surface area contributed by atoms with E-state index in [4.69, 9.17) is 26.3 Å². The third-order valence-electron chi connectivity index (χ3n) is 5.12. The Bertz CT molecular complexity index is 1070. The number of carbonyl (C=O) groups excluding carboxylic acids is 1. The van der Waals surface area contributed by atoms with Crippen molar-refractivity contribution in [3.05, 3.63) is 64.8 Å². The van der Waals surface area contributed by atoms with E-state index in [-0.39, 0.29) is 5.97 Å². The van der Waals surface area contributed by atoms with Crippen LogP contribution in [0.15, 0.2) is 48.7 Å². The third kappa shape index (κ3) is 4.30. The zero-order chi connectivity index (χ0) is 21.1. The Morgan fingerprint density at radius 2 is 1.83 bits per heavy atom. The minimum absolute atomic E-state index is 0.353. The summed E-state index contributed by atoms with van der Waals surface area (Å²) in [5.41, 5.74) is 4.92. The first-order chi connectivity index (χ1) is 14.6. The van der Waals surface area contributed by atoms with Gasteiger partial charge in [0.05, 0.1) is 30.3 Å². The molecule has 1 saturated heterocycles. The number of hydrogen-bond donors (Lipinski definition) is 0. The van der Waals surface area contributed by atoms with Crippen LogP contribution in [0.1, 0.15) is 15.9 Å². The molecule has 0 saturated carbocycles. The number of hydrogen-bond acceptors (Lipinski definition) is 6. The fraction of sp³-hybridized carbons (Fsp3) is 0.261. The number of rotatable bonds is 4. The van der Waals surface area contributed by atoms with E-state index >= 15 is 0 Å². The van der Waals surface area contributed by atoms with Gasteiger partial charge in [-0.1, -0.05) is 29.8 Å². The molecule has 0 bridgehead atoms. The number of halogens is 1. The summed E-state index contributed by atoms with van der Waals surface area (Å²) in [4.78, 5) is 24.0. The maximum atomic E-state index is 11.9. The Morgan fingerprint density at radius 3 is 2.50 bits per heavy atom.